The lowest BCUT2D eigenvalue weighted by atomic mass is 9.99. The van der Waals surface area contributed by atoms with E-state index in [1.165, 1.54) is 17.2 Å². The molecule has 4 aliphatic rings. The van der Waals surface area contributed by atoms with Gasteiger partial charge in [-0.15, -0.1) is 0 Å². The van der Waals surface area contributed by atoms with Crippen LogP contribution in [0, 0.1) is 11.6 Å². The Labute approximate surface area is 509 Å². The van der Waals surface area contributed by atoms with E-state index in [0.717, 1.165) is 117 Å². The van der Waals surface area contributed by atoms with E-state index in [1.807, 2.05) is 85.1 Å². The van der Waals surface area contributed by atoms with Crippen LogP contribution in [-0.2, 0) is 25.7 Å². The molecule has 0 amide bonds. The van der Waals surface area contributed by atoms with E-state index in [4.69, 9.17) is 34.8 Å². The first-order valence-electron chi connectivity index (χ1n) is 28.1. The van der Waals surface area contributed by atoms with E-state index in [0.29, 0.717) is 28.0 Å². The molecule has 7 heterocycles. The first kappa shape index (κ1) is 60.9. The van der Waals surface area contributed by atoms with E-state index >= 15 is 0 Å². The monoisotopic (exact) mass is 1200 g/mol. The fraction of sp³-hybridized carbons (Fsp3) is 0.250. The van der Waals surface area contributed by atoms with E-state index in [2.05, 4.69) is 107 Å². The Morgan fingerprint density at radius 3 is 1.36 bits per heavy atom. The summed E-state index contributed by atoms with van der Waals surface area (Å²) >= 11 is 18.5. The fourth-order valence-electron chi connectivity index (χ4n) is 9.61. The second-order valence-corrected chi connectivity index (χ2v) is 21.1. The van der Waals surface area contributed by atoms with Crippen LogP contribution in [0.1, 0.15) is 68.8 Å². The SMILES string of the molecule is Clc1cccc(C(Cc2ccccc2)NC2=NCCN2)c1Cl.Fc1c(Cl)cccc1C(Cc1ccncc1)NC1=NCCN1.Fc1cccc(C(Cc2ccncc2)NC2=NCCN2)c1.c1ccc(C(Cc2cnccn2)NC2=NCCN2)cc1. The van der Waals surface area contributed by atoms with E-state index < -0.39 is 5.82 Å². The van der Waals surface area contributed by atoms with Crippen molar-refractivity contribution >= 4 is 58.6 Å². The maximum absolute atomic E-state index is 14.4. The molecule has 4 atom stereocenters. The summed E-state index contributed by atoms with van der Waals surface area (Å²) in [6, 6.07) is 45.7. The molecule has 0 spiro atoms. The normalized spacial score (nSPS) is 15.2. The quantitative estimate of drug-likeness (QED) is 0.0457. The predicted molar refractivity (Wildman–Crippen MR) is 337 cm³/mol. The molecule has 12 rings (SSSR count). The Balaban J connectivity index is 0.000000136. The highest BCUT2D eigenvalue weighted by molar-refractivity contribution is 6.42. The van der Waals surface area contributed by atoms with Gasteiger partial charge in [0.25, 0.3) is 0 Å². The maximum Gasteiger partial charge on any atom is 0.191 e. The molecule has 85 heavy (non-hydrogen) atoms. The molecule has 0 fully saturated rings. The van der Waals surface area contributed by atoms with Crippen LogP contribution in [0.15, 0.2) is 209 Å². The summed E-state index contributed by atoms with van der Waals surface area (Å²) in [6.45, 7) is 6.52. The number of aliphatic imine (C=N–C) groups is 4. The molecule has 0 bridgehead atoms. The van der Waals surface area contributed by atoms with Crippen molar-refractivity contribution < 1.29 is 8.78 Å². The minimum absolute atomic E-state index is 0.0120. The molecule has 438 valence electrons. The number of hydrogen-bond acceptors (Lipinski definition) is 16. The zero-order valence-corrected chi connectivity index (χ0v) is 48.9. The van der Waals surface area contributed by atoms with Gasteiger partial charge in [0, 0.05) is 81.5 Å². The van der Waals surface area contributed by atoms with Gasteiger partial charge in [0.1, 0.15) is 11.6 Å². The summed E-state index contributed by atoms with van der Waals surface area (Å²) in [6.07, 6.45) is 15.2. The lowest BCUT2D eigenvalue weighted by molar-refractivity contribution is 0.554. The number of guanidine groups is 4. The number of benzene rings is 5. The number of hydrogen-bond donors (Lipinski definition) is 8. The molecule has 0 aliphatic carbocycles. The van der Waals surface area contributed by atoms with Crippen LogP contribution < -0.4 is 42.5 Å². The first-order chi connectivity index (χ1) is 41.7. The topological polar surface area (TPSA) is 197 Å². The molecule has 0 saturated heterocycles. The molecule has 4 unspecified atom stereocenters. The maximum atomic E-state index is 14.4. The molecule has 21 heteroatoms. The Morgan fingerprint density at radius 2 is 0.859 bits per heavy atom. The Morgan fingerprint density at radius 1 is 0.412 bits per heavy atom. The number of halogens is 5. The van der Waals surface area contributed by atoms with Crippen molar-refractivity contribution in [3.8, 4) is 0 Å². The largest absolute Gasteiger partial charge is 0.355 e. The second kappa shape index (κ2) is 32.4. The molecule has 0 saturated carbocycles. The van der Waals surface area contributed by atoms with E-state index in [9.17, 15) is 8.78 Å². The summed E-state index contributed by atoms with van der Waals surface area (Å²) in [5.74, 6) is 2.53. The molecule has 3 aromatic heterocycles. The van der Waals surface area contributed by atoms with Gasteiger partial charge in [-0.1, -0.05) is 132 Å². The van der Waals surface area contributed by atoms with Crippen molar-refractivity contribution in [2.75, 3.05) is 52.4 Å². The van der Waals surface area contributed by atoms with Crippen LogP contribution in [-0.4, -0.2) is 96.1 Å². The molecular formula is C64H67Cl3F2N16. The van der Waals surface area contributed by atoms with Crippen molar-refractivity contribution in [3.05, 3.63) is 260 Å². The van der Waals surface area contributed by atoms with Crippen molar-refractivity contribution in [3.63, 3.8) is 0 Å². The average Bonchev–Trinajstić information content (AvgIpc) is 4.55. The molecule has 5 aromatic carbocycles. The Bertz CT molecular complexity index is 3340. The van der Waals surface area contributed by atoms with Gasteiger partial charge < -0.3 is 42.5 Å². The molecule has 4 aliphatic heterocycles. The van der Waals surface area contributed by atoms with Gasteiger partial charge >= 0.3 is 0 Å². The molecule has 8 aromatic rings. The van der Waals surface area contributed by atoms with Crippen LogP contribution in [0.4, 0.5) is 8.78 Å². The third-order valence-electron chi connectivity index (χ3n) is 13.8. The third kappa shape index (κ3) is 19.2. The minimum Gasteiger partial charge on any atom is -0.355 e. The van der Waals surface area contributed by atoms with Crippen molar-refractivity contribution in [2.24, 2.45) is 20.0 Å². The minimum atomic E-state index is -0.394. The van der Waals surface area contributed by atoms with Crippen LogP contribution in [0.25, 0.3) is 0 Å². The van der Waals surface area contributed by atoms with E-state index in [1.54, 1.807) is 73.6 Å². The molecule has 0 radical (unpaired) electrons. The lowest BCUT2D eigenvalue weighted by Crippen LogP contribution is -2.37. The number of rotatable bonds is 16. The summed E-state index contributed by atoms with van der Waals surface area (Å²) < 4.78 is 27.9. The van der Waals surface area contributed by atoms with Gasteiger partial charge in [-0.25, -0.2) is 8.78 Å². The summed E-state index contributed by atoms with van der Waals surface area (Å²) in [4.78, 5) is 34.0. The Kier molecular flexibility index (Phi) is 23.2. The molecular weight excluding hydrogens is 1140 g/mol. The van der Waals surface area contributed by atoms with Gasteiger partial charge in [-0.05, 0) is 101 Å². The number of aromatic nitrogens is 4. The fourth-order valence-corrected chi connectivity index (χ4v) is 10.2. The average molecular weight is 1200 g/mol. The Hall–Kier alpha value is -8.71. The van der Waals surface area contributed by atoms with Crippen LogP contribution in [0.5, 0.6) is 0 Å². The first-order valence-corrected chi connectivity index (χ1v) is 29.3. The summed E-state index contributed by atoms with van der Waals surface area (Å²) in [5.41, 5.74) is 8.03. The van der Waals surface area contributed by atoms with Crippen LogP contribution in [0.3, 0.4) is 0 Å². The van der Waals surface area contributed by atoms with Gasteiger partial charge in [-0.2, -0.15) is 0 Å². The smallest absolute Gasteiger partial charge is 0.191 e. The van der Waals surface area contributed by atoms with Crippen LogP contribution in [0.2, 0.25) is 15.1 Å². The summed E-state index contributed by atoms with van der Waals surface area (Å²) in [7, 11) is 0. The van der Waals surface area contributed by atoms with Crippen molar-refractivity contribution in [1.82, 2.24) is 62.5 Å². The van der Waals surface area contributed by atoms with Gasteiger partial charge in [0.2, 0.25) is 0 Å². The third-order valence-corrected chi connectivity index (χ3v) is 14.9. The number of nitrogens with one attached hydrogen (secondary N) is 8. The zero-order chi connectivity index (χ0) is 58.8. The van der Waals surface area contributed by atoms with Gasteiger partial charge in [0.15, 0.2) is 23.8 Å². The summed E-state index contributed by atoms with van der Waals surface area (Å²) in [5, 5.41) is 27.6. The molecule has 8 N–H and O–H groups in total. The second-order valence-electron chi connectivity index (χ2n) is 19.9. The number of nitrogens with zero attached hydrogens (tertiary/aromatic N) is 8. The standard InChI is InChI=1S/C17H17Cl2N3.C16H16ClFN4.C16H17FN4.C15H17N5/c18-14-8-4-7-13(16(14)19)15(22-17-20-9-10-21-17)11-12-5-2-1-3-6-12;17-13-3-1-2-12(15(13)18)14(22-16-20-8-9-21-16)10-11-4-6-19-7-5-11;17-14-3-1-2-13(11-14)15(21-16-19-8-9-20-16)10-12-4-6-18-7-5-12;1-2-4-12(5-3-1)14(20-15-18-8-9-19-15)10-13-11-16-6-7-17-13/h1-8,15H,9-11H2,(H2,20,21,22);1-7,14H,8-10H2,(H2,20,21,22);1-7,11,15H,8-10H2,(H2,19,20,21);1-7,11,14H,8-10H2,(H2,18,19,20). The zero-order valence-electron chi connectivity index (χ0n) is 46.7. The highest BCUT2D eigenvalue weighted by Gasteiger charge is 2.23. The van der Waals surface area contributed by atoms with Crippen LogP contribution >= 0.6 is 34.8 Å². The van der Waals surface area contributed by atoms with E-state index in [-0.39, 0.29) is 35.0 Å². The highest BCUT2D eigenvalue weighted by Crippen LogP contribution is 2.32. The van der Waals surface area contributed by atoms with Crippen molar-refractivity contribution in [1.29, 1.82) is 0 Å². The lowest BCUT2D eigenvalue weighted by Gasteiger charge is -2.22. The molecule has 16 nitrogen and oxygen atoms in total. The highest BCUT2D eigenvalue weighted by atomic mass is 35.5. The van der Waals surface area contributed by atoms with Gasteiger partial charge in [0.05, 0.1) is 71.1 Å². The number of pyridine rings is 2. The predicted octanol–water partition coefficient (Wildman–Crippen LogP) is 9.90. The van der Waals surface area contributed by atoms with Gasteiger partial charge in [-0.3, -0.25) is 39.9 Å². The van der Waals surface area contributed by atoms with Crippen molar-refractivity contribution in [2.45, 2.75) is 49.9 Å².